The monoisotopic (exact) mass is 290 g/mol. The van der Waals surface area contributed by atoms with Crippen LogP contribution in [0.25, 0.3) is 0 Å². The quantitative estimate of drug-likeness (QED) is 0.750. The third-order valence-corrected chi connectivity index (χ3v) is 4.32. The summed E-state index contributed by atoms with van der Waals surface area (Å²) in [6.07, 6.45) is 3.83. The van der Waals surface area contributed by atoms with Gasteiger partial charge in [0.15, 0.2) is 0 Å². The van der Waals surface area contributed by atoms with Gasteiger partial charge in [0.25, 0.3) is 0 Å². The molecule has 1 N–H and O–H groups in total. The molecule has 1 aromatic rings. The minimum absolute atomic E-state index is 0.184. The SMILES string of the molecule is Cc1cc(C(C)(C)C)cc(C)c1CC(O)CCCC(C)C. The molecule has 0 aromatic heterocycles. The second kappa shape index (κ2) is 7.45. The fourth-order valence-corrected chi connectivity index (χ4v) is 2.85. The first-order valence-corrected chi connectivity index (χ1v) is 8.40. The van der Waals surface area contributed by atoms with Gasteiger partial charge in [-0.3, -0.25) is 0 Å². The maximum atomic E-state index is 10.3. The zero-order valence-electron chi connectivity index (χ0n) is 15.1. The van der Waals surface area contributed by atoms with Crippen LogP contribution in [-0.2, 0) is 11.8 Å². The van der Waals surface area contributed by atoms with Crippen molar-refractivity contribution in [2.45, 2.75) is 85.7 Å². The molecule has 0 bridgehead atoms. The summed E-state index contributed by atoms with van der Waals surface area (Å²) in [5, 5.41) is 10.3. The van der Waals surface area contributed by atoms with Crippen LogP contribution in [-0.4, -0.2) is 11.2 Å². The van der Waals surface area contributed by atoms with Gasteiger partial charge in [0.1, 0.15) is 0 Å². The van der Waals surface area contributed by atoms with E-state index in [1.54, 1.807) is 0 Å². The molecule has 1 nitrogen and oxygen atoms in total. The van der Waals surface area contributed by atoms with E-state index in [9.17, 15) is 5.11 Å². The lowest BCUT2D eigenvalue weighted by atomic mass is 9.83. The first-order valence-electron chi connectivity index (χ1n) is 8.40. The molecule has 1 aromatic carbocycles. The van der Waals surface area contributed by atoms with Crippen LogP contribution in [0, 0.1) is 19.8 Å². The van der Waals surface area contributed by atoms with E-state index < -0.39 is 0 Å². The van der Waals surface area contributed by atoms with Crippen LogP contribution < -0.4 is 0 Å². The van der Waals surface area contributed by atoms with Crippen LogP contribution in [0.3, 0.4) is 0 Å². The molecular weight excluding hydrogens is 256 g/mol. The fourth-order valence-electron chi connectivity index (χ4n) is 2.85. The van der Waals surface area contributed by atoms with Crippen molar-refractivity contribution in [3.05, 3.63) is 34.4 Å². The van der Waals surface area contributed by atoms with Crippen LogP contribution in [0.2, 0.25) is 0 Å². The number of hydrogen-bond donors (Lipinski definition) is 1. The first-order chi connectivity index (χ1) is 9.61. The number of rotatable bonds is 6. The standard InChI is InChI=1S/C20H34O/c1-14(2)9-8-10-18(21)13-19-15(3)11-17(12-16(19)4)20(5,6)7/h11-12,14,18,21H,8-10,13H2,1-7H3. The molecule has 0 aliphatic heterocycles. The Bertz CT molecular complexity index is 428. The minimum Gasteiger partial charge on any atom is -0.393 e. The van der Waals surface area contributed by atoms with Crippen molar-refractivity contribution >= 4 is 0 Å². The molecule has 0 heterocycles. The number of aryl methyl sites for hydroxylation is 2. The number of aliphatic hydroxyl groups excluding tert-OH is 1. The zero-order valence-corrected chi connectivity index (χ0v) is 15.1. The maximum absolute atomic E-state index is 10.3. The Morgan fingerprint density at radius 3 is 1.95 bits per heavy atom. The molecular formula is C20H34O. The van der Waals surface area contributed by atoms with E-state index in [2.05, 4.69) is 60.6 Å². The van der Waals surface area contributed by atoms with Crippen molar-refractivity contribution in [2.75, 3.05) is 0 Å². The van der Waals surface area contributed by atoms with Crippen LogP contribution in [0.4, 0.5) is 0 Å². The van der Waals surface area contributed by atoms with Crippen LogP contribution >= 0.6 is 0 Å². The number of hydrogen-bond acceptors (Lipinski definition) is 1. The highest BCUT2D eigenvalue weighted by Crippen LogP contribution is 2.28. The van der Waals surface area contributed by atoms with Crippen molar-refractivity contribution in [1.29, 1.82) is 0 Å². The van der Waals surface area contributed by atoms with Gasteiger partial charge in [0.2, 0.25) is 0 Å². The maximum Gasteiger partial charge on any atom is 0.0580 e. The summed E-state index contributed by atoms with van der Waals surface area (Å²) in [7, 11) is 0. The van der Waals surface area contributed by atoms with Crippen molar-refractivity contribution in [2.24, 2.45) is 5.92 Å². The van der Waals surface area contributed by atoms with Gasteiger partial charge in [0, 0.05) is 0 Å². The summed E-state index contributed by atoms with van der Waals surface area (Å²) in [6, 6.07) is 4.59. The largest absolute Gasteiger partial charge is 0.393 e. The third-order valence-electron chi connectivity index (χ3n) is 4.32. The molecule has 120 valence electrons. The van der Waals surface area contributed by atoms with E-state index in [4.69, 9.17) is 0 Å². The normalized spacial score (nSPS) is 13.8. The van der Waals surface area contributed by atoms with Crippen molar-refractivity contribution < 1.29 is 5.11 Å². The summed E-state index contributed by atoms with van der Waals surface area (Å²) < 4.78 is 0. The van der Waals surface area contributed by atoms with Crippen molar-refractivity contribution in [3.63, 3.8) is 0 Å². The molecule has 0 saturated carbocycles. The predicted molar refractivity (Wildman–Crippen MR) is 93.0 cm³/mol. The average Bonchev–Trinajstić information content (AvgIpc) is 2.31. The van der Waals surface area contributed by atoms with E-state index in [1.807, 2.05) is 0 Å². The molecule has 0 radical (unpaired) electrons. The summed E-state index contributed by atoms with van der Waals surface area (Å²) in [4.78, 5) is 0. The Morgan fingerprint density at radius 1 is 1.00 bits per heavy atom. The second-order valence-corrected chi connectivity index (χ2v) is 8.02. The molecule has 1 heteroatoms. The topological polar surface area (TPSA) is 20.2 Å². The lowest BCUT2D eigenvalue weighted by Crippen LogP contribution is -2.16. The Morgan fingerprint density at radius 2 is 1.52 bits per heavy atom. The molecule has 1 rings (SSSR count). The van der Waals surface area contributed by atoms with Gasteiger partial charge in [-0.25, -0.2) is 0 Å². The molecule has 21 heavy (non-hydrogen) atoms. The van der Waals surface area contributed by atoms with Crippen LogP contribution in [0.5, 0.6) is 0 Å². The third kappa shape index (κ3) is 5.82. The van der Waals surface area contributed by atoms with Gasteiger partial charge >= 0.3 is 0 Å². The molecule has 0 spiro atoms. The van der Waals surface area contributed by atoms with E-state index in [1.165, 1.54) is 28.7 Å². The van der Waals surface area contributed by atoms with E-state index in [0.29, 0.717) is 0 Å². The highest BCUT2D eigenvalue weighted by atomic mass is 16.3. The molecule has 0 aliphatic carbocycles. The summed E-state index contributed by atoms with van der Waals surface area (Å²) in [5.74, 6) is 0.728. The van der Waals surface area contributed by atoms with Gasteiger partial charge in [-0.1, -0.05) is 59.6 Å². The van der Waals surface area contributed by atoms with Crippen LogP contribution in [0.15, 0.2) is 12.1 Å². The van der Waals surface area contributed by atoms with Gasteiger partial charge < -0.3 is 5.11 Å². The Balaban J connectivity index is 2.76. The number of aliphatic hydroxyl groups is 1. The highest BCUT2D eigenvalue weighted by molar-refractivity contribution is 5.40. The second-order valence-electron chi connectivity index (χ2n) is 8.02. The highest BCUT2D eigenvalue weighted by Gasteiger charge is 2.17. The van der Waals surface area contributed by atoms with Crippen LogP contribution in [0.1, 0.15) is 76.1 Å². The Hall–Kier alpha value is -0.820. The lowest BCUT2D eigenvalue weighted by Gasteiger charge is -2.23. The summed E-state index contributed by atoms with van der Waals surface area (Å²) >= 11 is 0. The molecule has 0 fully saturated rings. The average molecular weight is 290 g/mol. The molecule has 0 aliphatic rings. The van der Waals surface area contributed by atoms with Gasteiger partial charge in [-0.2, -0.15) is 0 Å². The minimum atomic E-state index is -0.207. The molecule has 1 atom stereocenters. The van der Waals surface area contributed by atoms with Gasteiger partial charge in [0.05, 0.1) is 6.10 Å². The molecule has 0 saturated heterocycles. The van der Waals surface area contributed by atoms with Crippen molar-refractivity contribution in [1.82, 2.24) is 0 Å². The van der Waals surface area contributed by atoms with Gasteiger partial charge in [-0.05, 0) is 60.3 Å². The Labute approximate surface area is 131 Å². The predicted octanol–water partition coefficient (Wildman–Crippen LogP) is 5.33. The van der Waals surface area contributed by atoms with Crippen molar-refractivity contribution in [3.8, 4) is 0 Å². The van der Waals surface area contributed by atoms with E-state index >= 15 is 0 Å². The molecule has 1 unspecified atom stereocenters. The van der Waals surface area contributed by atoms with Gasteiger partial charge in [-0.15, -0.1) is 0 Å². The first kappa shape index (κ1) is 18.2. The number of benzene rings is 1. The smallest absolute Gasteiger partial charge is 0.0580 e. The fraction of sp³-hybridized carbons (Fsp3) is 0.700. The summed E-state index contributed by atoms with van der Waals surface area (Å²) in [5.41, 5.74) is 5.55. The lowest BCUT2D eigenvalue weighted by molar-refractivity contribution is 0.159. The zero-order chi connectivity index (χ0) is 16.2. The van der Waals surface area contributed by atoms with E-state index in [0.717, 1.165) is 25.2 Å². The molecule has 0 amide bonds. The Kier molecular flexibility index (Phi) is 6.46. The summed E-state index contributed by atoms with van der Waals surface area (Å²) in [6.45, 7) is 15.6. The van der Waals surface area contributed by atoms with E-state index in [-0.39, 0.29) is 11.5 Å².